The lowest BCUT2D eigenvalue weighted by Crippen LogP contribution is -2.12. The van der Waals surface area contributed by atoms with E-state index in [9.17, 15) is 0 Å². The van der Waals surface area contributed by atoms with Gasteiger partial charge in [-0.15, -0.1) is 0 Å². The minimum absolute atomic E-state index is 1.11. The van der Waals surface area contributed by atoms with Crippen LogP contribution in [-0.2, 0) is 0 Å². The lowest BCUT2D eigenvalue weighted by molar-refractivity contribution is 1.26. The number of fused-ring (bicyclic) bond motifs is 2. The molecular formula is C39H30N2. The first-order valence-electron chi connectivity index (χ1n) is 14.0. The number of hydrogen-bond donors (Lipinski definition) is 0. The summed E-state index contributed by atoms with van der Waals surface area (Å²) in [4.78, 5) is 4.70. The van der Waals surface area contributed by atoms with Crippen LogP contribution in [-0.4, -0.2) is 0 Å². The molecule has 2 nitrogen and oxygen atoms in total. The van der Waals surface area contributed by atoms with Crippen molar-refractivity contribution in [3.05, 3.63) is 169 Å². The number of rotatable bonds is 6. The molecular weight excluding hydrogens is 496 g/mol. The summed E-state index contributed by atoms with van der Waals surface area (Å²) in [6.07, 6.45) is 0. The monoisotopic (exact) mass is 526 g/mol. The van der Waals surface area contributed by atoms with Crippen molar-refractivity contribution >= 4 is 55.7 Å². The average Bonchev–Trinajstić information content (AvgIpc) is 3.04. The van der Waals surface area contributed by atoms with Gasteiger partial charge in [-0.3, -0.25) is 0 Å². The van der Waals surface area contributed by atoms with Gasteiger partial charge in [-0.25, -0.2) is 0 Å². The first-order chi connectivity index (χ1) is 20.3. The summed E-state index contributed by atoms with van der Waals surface area (Å²) >= 11 is 0. The van der Waals surface area contributed by atoms with Crippen molar-refractivity contribution in [1.82, 2.24) is 0 Å². The standard InChI is InChI=1S/C39H30N2/c1-29-21-23-33(24-22-29)40(32-15-3-2-4-16-32)34-25-27-35(28-26-34)41(38-19-9-13-30-11-5-7-17-36(30)38)39-20-10-14-31-12-6-8-18-37(31)39/h2-28H,1H3. The lowest BCUT2D eigenvalue weighted by Gasteiger charge is -2.29. The van der Waals surface area contributed by atoms with Crippen LogP contribution >= 0.6 is 0 Å². The van der Waals surface area contributed by atoms with Gasteiger partial charge in [0.05, 0.1) is 11.4 Å². The van der Waals surface area contributed by atoms with Gasteiger partial charge >= 0.3 is 0 Å². The van der Waals surface area contributed by atoms with Gasteiger partial charge in [-0.05, 0) is 78.4 Å². The molecule has 0 unspecified atom stereocenters. The minimum atomic E-state index is 1.11. The van der Waals surface area contributed by atoms with Gasteiger partial charge < -0.3 is 9.80 Å². The van der Waals surface area contributed by atoms with Gasteiger partial charge in [0.1, 0.15) is 0 Å². The summed E-state index contributed by atoms with van der Waals surface area (Å²) in [5.41, 5.74) is 8.05. The third kappa shape index (κ3) is 4.70. The molecule has 7 rings (SSSR count). The van der Waals surface area contributed by atoms with E-state index in [4.69, 9.17) is 0 Å². The number of aryl methyl sites for hydroxylation is 1. The average molecular weight is 527 g/mol. The molecule has 0 aromatic heterocycles. The van der Waals surface area contributed by atoms with Gasteiger partial charge in [-0.1, -0.05) is 109 Å². The zero-order chi connectivity index (χ0) is 27.6. The molecule has 7 aromatic rings. The molecule has 0 amide bonds. The summed E-state index contributed by atoms with van der Waals surface area (Å²) in [5, 5.41) is 4.89. The zero-order valence-corrected chi connectivity index (χ0v) is 23.0. The molecule has 0 aliphatic rings. The van der Waals surface area contributed by atoms with Crippen LogP contribution in [0.4, 0.5) is 34.1 Å². The van der Waals surface area contributed by atoms with Crippen LogP contribution in [0.1, 0.15) is 5.56 Å². The Kier molecular flexibility index (Phi) is 6.42. The largest absolute Gasteiger partial charge is 0.311 e. The van der Waals surface area contributed by atoms with E-state index in [0.29, 0.717) is 0 Å². The molecule has 0 radical (unpaired) electrons. The Morgan fingerprint density at radius 1 is 0.317 bits per heavy atom. The number of para-hydroxylation sites is 1. The van der Waals surface area contributed by atoms with Crippen molar-refractivity contribution in [3.8, 4) is 0 Å². The fourth-order valence-corrected chi connectivity index (χ4v) is 5.68. The summed E-state index contributed by atoms with van der Waals surface area (Å²) in [6, 6.07) is 58.6. The van der Waals surface area contributed by atoms with Crippen molar-refractivity contribution in [1.29, 1.82) is 0 Å². The molecule has 0 spiro atoms. The fraction of sp³-hybridized carbons (Fsp3) is 0.0256. The van der Waals surface area contributed by atoms with E-state index >= 15 is 0 Å². The lowest BCUT2D eigenvalue weighted by atomic mass is 10.0. The molecule has 0 aliphatic heterocycles. The van der Waals surface area contributed by atoms with E-state index in [1.165, 1.54) is 27.1 Å². The highest BCUT2D eigenvalue weighted by Gasteiger charge is 2.19. The normalized spacial score (nSPS) is 11.0. The molecule has 0 bridgehead atoms. The maximum Gasteiger partial charge on any atom is 0.0540 e. The molecule has 0 aliphatic carbocycles. The Morgan fingerprint density at radius 3 is 1.24 bits per heavy atom. The maximum atomic E-state index is 2.40. The molecule has 0 atom stereocenters. The third-order valence-corrected chi connectivity index (χ3v) is 7.69. The molecule has 7 aromatic carbocycles. The second kappa shape index (κ2) is 10.7. The Labute approximate surface area is 241 Å². The van der Waals surface area contributed by atoms with E-state index in [-0.39, 0.29) is 0 Å². The SMILES string of the molecule is Cc1ccc(N(c2ccccc2)c2ccc(N(c3cccc4ccccc34)c3cccc4ccccc34)cc2)cc1. The Morgan fingerprint density at radius 2 is 0.707 bits per heavy atom. The predicted octanol–water partition coefficient (Wildman–Crippen LogP) is 11.2. The van der Waals surface area contributed by atoms with Gasteiger partial charge in [-0.2, -0.15) is 0 Å². The van der Waals surface area contributed by atoms with E-state index < -0.39 is 0 Å². The quantitative estimate of drug-likeness (QED) is 0.213. The number of benzene rings is 7. The van der Waals surface area contributed by atoms with Crippen molar-refractivity contribution in [2.24, 2.45) is 0 Å². The van der Waals surface area contributed by atoms with E-state index in [1.807, 2.05) is 0 Å². The summed E-state index contributed by atoms with van der Waals surface area (Å²) in [5.74, 6) is 0. The molecule has 0 fully saturated rings. The van der Waals surface area contributed by atoms with Crippen LogP contribution in [0, 0.1) is 6.92 Å². The van der Waals surface area contributed by atoms with Crippen LogP contribution in [0.2, 0.25) is 0 Å². The number of anilines is 6. The first-order valence-corrected chi connectivity index (χ1v) is 14.0. The van der Waals surface area contributed by atoms with Gasteiger partial charge in [0.25, 0.3) is 0 Å². The van der Waals surface area contributed by atoms with Crippen LogP contribution in [0.15, 0.2) is 164 Å². The van der Waals surface area contributed by atoms with Crippen molar-refractivity contribution in [2.75, 3.05) is 9.80 Å². The van der Waals surface area contributed by atoms with Crippen LogP contribution in [0.5, 0.6) is 0 Å². The highest BCUT2D eigenvalue weighted by atomic mass is 15.2. The van der Waals surface area contributed by atoms with Crippen molar-refractivity contribution < 1.29 is 0 Å². The minimum Gasteiger partial charge on any atom is -0.311 e. The Bertz CT molecular complexity index is 1850. The molecule has 41 heavy (non-hydrogen) atoms. The summed E-state index contributed by atoms with van der Waals surface area (Å²) in [6.45, 7) is 2.13. The van der Waals surface area contributed by atoms with Gasteiger partial charge in [0.2, 0.25) is 0 Å². The highest BCUT2D eigenvalue weighted by molar-refractivity contribution is 6.04. The topological polar surface area (TPSA) is 6.48 Å². The number of hydrogen-bond acceptors (Lipinski definition) is 2. The Balaban J connectivity index is 1.40. The molecule has 0 N–H and O–H groups in total. The van der Waals surface area contributed by atoms with Gasteiger partial charge in [0.15, 0.2) is 0 Å². The molecule has 0 saturated carbocycles. The van der Waals surface area contributed by atoms with E-state index in [2.05, 4.69) is 181 Å². The number of nitrogens with zero attached hydrogens (tertiary/aromatic N) is 2. The highest BCUT2D eigenvalue weighted by Crippen LogP contribution is 2.43. The molecule has 2 heteroatoms. The smallest absolute Gasteiger partial charge is 0.0540 e. The second-order valence-electron chi connectivity index (χ2n) is 10.4. The van der Waals surface area contributed by atoms with Crippen LogP contribution in [0.25, 0.3) is 21.5 Å². The molecule has 0 heterocycles. The summed E-state index contributed by atoms with van der Waals surface area (Å²) in [7, 11) is 0. The summed E-state index contributed by atoms with van der Waals surface area (Å²) < 4.78 is 0. The second-order valence-corrected chi connectivity index (χ2v) is 10.4. The fourth-order valence-electron chi connectivity index (χ4n) is 5.68. The van der Waals surface area contributed by atoms with Crippen molar-refractivity contribution in [3.63, 3.8) is 0 Å². The van der Waals surface area contributed by atoms with E-state index in [0.717, 1.165) is 34.1 Å². The predicted molar refractivity (Wildman–Crippen MR) is 176 cm³/mol. The Hall–Kier alpha value is -5.34. The van der Waals surface area contributed by atoms with Crippen LogP contribution < -0.4 is 9.80 Å². The zero-order valence-electron chi connectivity index (χ0n) is 23.0. The van der Waals surface area contributed by atoms with Crippen LogP contribution in [0.3, 0.4) is 0 Å². The first kappa shape index (κ1) is 24.7. The van der Waals surface area contributed by atoms with E-state index in [1.54, 1.807) is 0 Å². The maximum absolute atomic E-state index is 2.40. The third-order valence-electron chi connectivity index (χ3n) is 7.69. The van der Waals surface area contributed by atoms with Crippen molar-refractivity contribution in [2.45, 2.75) is 6.92 Å². The molecule has 0 saturated heterocycles. The molecule has 196 valence electrons. The van der Waals surface area contributed by atoms with Gasteiger partial charge in [0, 0.05) is 33.5 Å².